The third kappa shape index (κ3) is 2.97. The number of fused-ring (bicyclic) bond motifs is 3. The quantitative estimate of drug-likeness (QED) is 0.562. The van der Waals surface area contributed by atoms with E-state index in [0.29, 0.717) is 12.2 Å². The minimum Gasteiger partial charge on any atom is -0.356 e. The van der Waals surface area contributed by atoms with Gasteiger partial charge in [-0.1, -0.05) is 30.3 Å². The topological polar surface area (TPSA) is 61.9 Å². The van der Waals surface area contributed by atoms with E-state index in [9.17, 15) is 9.18 Å². The van der Waals surface area contributed by atoms with Crippen molar-refractivity contribution < 1.29 is 9.18 Å². The molecular weight excluding hydrogens is 367 g/mol. The zero-order chi connectivity index (χ0) is 20.0. The number of aromatic amines is 1. The van der Waals surface area contributed by atoms with Crippen LogP contribution >= 0.6 is 0 Å². The molecule has 144 valence electrons. The van der Waals surface area contributed by atoms with E-state index < -0.39 is 0 Å². The number of rotatable bonds is 2. The van der Waals surface area contributed by atoms with Gasteiger partial charge in [0, 0.05) is 29.3 Å². The molecule has 2 aromatic carbocycles. The molecule has 4 aromatic rings. The molecule has 0 bridgehead atoms. The van der Waals surface area contributed by atoms with Crippen molar-refractivity contribution >= 4 is 16.8 Å². The maximum Gasteiger partial charge on any atom is 0.274 e. The highest BCUT2D eigenvalue weighted by atomic mass is 19.1. The number of aryl methyl sites for hydroxylation is 1. The smallest absolute Gasteiger partial charge is 0.274 e. The van der Waals surface area contributed by atoms with Crippen LogP contribution in [0.2, 0.25) is 0 Å². The van der Waals surface area contributed by atoms with E-state index in [-0.39, 0.29) is 17.8 Å². The van der Waals surface area contributed by atoms with Crippen molar-refractivity contribution in [3.05, 3.63) is 95.0 Å². The number of carbonyl (C=O) groups excluding carboxylic acids is 1. The molecule has 0 fully saturated rings. The Morgan fingerprint density at radius 1 is 1.10 bits per heavy atom. The van der Waals surface area contributed by atoms with Gasteiger partial charge in [0.1, 0.15) is 11.5 Å². The van der Waals surface area contributed by atoms with E-state index in [0.717, 1.165) is 34.3 Å². The normalized spacial score (nSPS) is 16.1. The Morgan fingerprint density at radius 2 is 1.90 bits per heavy atom. The predicted molar refractivity (Wildman–Crippen MR) is 108 cm³/mol. The lowest BCUT2D eigenvalue weighted by molar-refractivity contribution is 0.0685. The van der Waals surface area contributed by atoms with E-state index in [1.807, 2.05) is 25.1 Å². The number of carbonyl (C=O) groups is 1. The summed E-state index contributed by atoms with van der Waals surface area (Å²) in [5.41, 5.74) is 5.13. The molecule has 1 aliphatic rings. The number of nitrogens with zero attached hydrogens (tertiary/aromatic N) is 3. The maximum atomic E-state index is 13.6. The fourth-order valence-corrected chi connectivity index (χ4v) is 4.10. The zero-order valence-electron chi connectivity index (χ0n) is 15.9. The van der Waals surface area contributed by atoms with E-state index in [4.69, 9.17) is 0 Å². The highest BCUT2D eigenvalue weighted by Crippen LogP contribution is 2.38. The van der Waals surface area contributed by atoms with Crippen LogP contribution in [0.1, 0.15) is 39.0 Å². The monoisotopic (exact) mass is 386 g/mol. The van der Waals surface area contributed by atoms with Crippen LogP contribution in [0.5, 0.6) is 0 Å². The number of amides is 1. The fraction of sp³-hybridized carbons (Fsp3) is 0.174. The number of hydrogen-bond donors (Lipinski definition) is 1. The Morgan fingerprint density at radius 3 is 2.66 bits per heavy atom. The summed E-state index contributed by atoms with van der Waals surface area (Å²) in [4.78, 5) is 27.1. The molecule has 3 heterocycles. The summed E-state index contributed by atoms with van der Waals surface area (Å²) in [5.74, 6) is -0.486. The van der Waals surface area contributed by atoms with Crippen LogP contribution < -0.4 is 0 Å². The Balaban J connectivity index is 1.65. The van der Waals surface area contributed by atoms with Gasteiger partial charge < -0.3 is 9.88 Å². The first-order valence-corrected chi connectivity index (χ1v) is 9.56. The van der Waals surface area contributed by atoms with Crippen molar-refractivity contribution in [1.29, 1.82) is 0 Å². The summed E-state index contributed by atoms with van der Waals surface area (Å²) in [6, 6.07) is 14.1. The molecule has 1 aliphatic heterocycles. The largest absolute Gasteiger partial charge is 0.356 e. The van der Waals surface area contributed by atoms with Crippen LogP contribution in [0.15, 0.2) is 60.9 Å². The second-order valence-corrected chi connectivity index (χ2v) is 7.31. The van der Waals surface area contributed by atoms with Crippen molar-refractivity contribution in [1.82, 2.24) is 19.9 Å². The molecule has 6 heteroatoms. The summed E-state index contributed by atoms with van der Waals surface area (Å²) < 4.78 is 13.6. The van der Waals surface area contributed by atoms with E-state index in [1.54, 1.807) is 23.2 Å². The van der Waals surface area contributed by atoms with Crippen LogP contribution in [0.3, 0.4) is 0 Å². The molecule has 0 unspecified atom stereocenters. The highest BCUT2D eigenvalue weighted by Gasteiger charge is 2.35. The maximum absolute atomic E-state index is 13.6. The number of H-pyrrole nitrogens is 1. The van der Waals surface area contributed by atoms with Gasteiger partial charge in [0.05, 0.1) is 17.9 Å². The minimum absolute atomic E-state index is 0.184. The first-order valence-electron chi connectivity index (χ1n) is 9.56. The molecule has 1 N–H and O–H groups in total. The molecule has 0 saturated heterocycles. The molecule has 29 heavy (non-hydrogen) atoms. The lowest BCUT2D eigenvalue weighted by Gasteiger charge is -2.36. The lowest BCUT2D eigenvalue weighted by Crippen LogP contribution is -2.41. The number of halogens is 1. The molecular formula is C23H19FN4O. The second kappa shape index (κ2) is 6.81. The number of nitrogens with one attached hydrogen (secondary N) is 1. The average Bonchev–Trinajstić information content (AvgIpc) is 3.12. The third-order valence-corrected chi connectivity index (χ3v) is 5.48. The Labute approximate surface area is 167 Å². The summed E-state index contributed by atoms with van der Waals surface area (Å²) in [7, 11) is 0. The summed E-state index contributed by atoms with van der Waals surface area (Å²) in [6.45, 7) is 2.38. The standard InChI is InChI=1S/C23H19FN4O/c1-14-12-26-20(13-25-14)23(29)28-11-10-18-17-4-2-3-5-19(17)27-21(18)22(28)15-6-8-16(24)9-7-15/h2-9,12-13,22,27H,10-11H2,1H3/t22-/m1/s1. The van der Waals surface area contributed by atoms with Crippen LogP contribution in [0.25, 0.3) is 10.9 Å². The van der Waals surface area contributed by atoms with Crippen molar-refractivity contribution in [2.75, 3.05) is 6.54 Å². The molecule has 2 aromatic heterocycles. The summed E-state index contributed by atoms with van der Waals surface area (Å²) >= 11 is 0. The van der Waals surface area contributed by atoms with Crippen LogP contribution in [0, 0.1) is 12.7 Å². The van der Waals surface area contributed by atoms with Gasteiger partial charge in [-0.25, -0.2) is 9.37 Å². The van der Waals surface area contributed by atoms with Crippen LogP contribution in [0.4, 0.5) is 4.39 Å². The average molecular weight is 386 g/mol. The predicted octanol–water partition coefficient (Wildman–Crippen LogP) is 4.19. The fourth-order valence-electron chi connectivity index (χ4n) is 4.10. The second-order valence-electron chi connectivity index (χ2n) is 7.31. The lowest BCUT2D eigenvalue weighted by atomic mass is 9.92. The zero-order valence-corrected chi connectivity index (χ0v) is 15.9. The van der Waals surface area contributed by atoms with E-state index >= 15 is 0 Å². The molecule has 0 aliphatic carbocycles. The molecule has 0 spiro atoms. The first-order chi connectivity index (χ1) is 14.1. The molecule has 1 amide bonds. The van der Waals surface area contributed by atoms with Gasteiger partial charge in [0.15, 0.2) is 0 Å². The van der Waals surface area contributed by atoms with Gasteiger partial charge in [0.25, 0.3) is 5.91 Å². The van der Waals surface area contributed by atoms with Crippen molar-refractivity contribution in [3.8, 4) is 0 Å². The van der Waals surface area contributed by atoms with Crippen molar-refractivity contribution in [2.24, 2.45) is 0 Å². The minimum atomic E-state index is -0.345. The first kappa shape index (κ1) is 17.6. The van der Waals surface area contributed by atoms with Crippen molar-refractivity contribution in [2.45, 2.75) is 19.4 Å². The SMILES string of the molecule is Cc1cnc(C(=O)N2CCc3c([nH]c4ccccc34)[C@H]2c2ccc(F)cc2)cn1. The van der Waals surface area contributed by atoms with E-state index in [2.05, 4.69) is 21.0 Å². The van der Waals surface area contributed by atoms with Gasteiger partial charge in [-0.2, -0.15) is 0 Å². The number of hydrogen-bond acceptors (Lipinski definition) is 3. The summed E-state index contributed by atoms with van der Waals surface area (Å²) in [5, 5.41) is 1.16. The van der Waals surface area contributed by atoms with Crippen LogP contribution in [-0.4, -0.2) is 32.3 Å². The number of benzene rings is 2. The molecule has 0 radical (unpaired) electrons. The van der Waals surface area contributed by atoms with E-state index in [1.165, 1.54) is 23.9 Å². The highest BCUT2D eigenvalue weighted by molar-refractivity contribution is 5.93. The van der Waals surface area contributed by atoms with Gasteiger partial charge in [0.2, 0.25) is 0 Å². The van der Waals surface area contributed by atoms with Gasteiger partial charge in [-0.05, 0) is 42.7 Å². The summed E-state index contributed by atoms with van der Waals surface area (Å²) in [6.07, 6.45) is 3.85. The molecule has 1 atom stereocenters. The van der Waals surface area contributed by atoms with Gasteiger partial charge in [-0.3, -0.25) is 9.78 Å². The van der Waals surface area contributed by atoms with Crippen LogP contribution in [-0.2, 0) is 6.42 Å². The Bertz CT molecular complexity index is 1200. The van der Waals surface area contributed by atoms with Gasteiger partial charge in [-0.15, -0.1) is 0 Å². The number of aromatic nitrogens is 3. The molecule has 5 rings (SSSR count). The Hall–Kier alpha value is -3.54. The third-order valence-electron chi connectivity index (χ3n) is 5.48. The Kier molecular flexibility index (Phi) is 4.12. The molecule has 0 saturated carbocycles. The number of para-hydroxylation sites is 1. The van der Waals surface area contributed by atoms with Crippen molar-refractivity contribution in [3.63, 3.8) is 0 Å². The molecule has 5 nitrogen and oxygen atoms in total. The van der Waals surface area contributed by atoms with Gasteiger partial charge >= 0.3 is 0 Å².